The summed E-state index contributed by atoms with van der Waals surface area (Å²) in [4.78, 5) is 28.3. The number of hydrogen-bond donors (Lipinski definition) is 2. The van der Waals surface area contributed by atoms with Crippen LogP contribution in [0.5, 0.6) is 0 Å². The first kappa shape index (κ1) is 13.4. The number of benzene rings is 1. The second-order valence-corrected chi connectivity index (χ2v) is 4.74. The summed E-state index contributed by atoms with van der Waals surface area (Å²) in [5, 5.41) is 2.31. The van der Waals surface area contributed by atoms with E-state index in [0.29, 0.717) is 5.56 Å². The molecule has 19 heavy (non-hydrogen) atoms. The van der Waals surface area contributed by atoms with E-state index in [1.165, 1.54) is 0 Å². The van der Waals surface area contributed by atoms with E-state index in [2.05, 4.69) is 31.2 Å². The van der Waals surface area contributed by atoms with Crippen LogP contribution in [-0.2, 0) is 0 Å². The molecule has 0 atom stereocenters. The van der Waals surface area contributed by atoms with Gasteiger partial charge in [-0.2, -0.15) is 4.98 Å². The molecule has 5 nitrogen and oxygen atoms in total. The Morgan fingerprint density at radius 3 is 2.95 bits per heavy atom. The van der Waals surface area contributed by atoms with Crippen LogP contribution in [-0.4, -0.2) is 15.9 Å². The van der Waals surface area contributed by atoms with E-state index in [1.54, 1.807) is 25.1 Å². The third-order valence-electron chi connectivity index (χ3n) is 2.45. The average Bonchev–Trinajstić information content (AvgIpc) is 2.36. The number of amides is 1. The van der Waals surface area contributed by atoms with Crippen LogP contribution in [0.15, 0.2) is 33.7 Å². The van der Waals surface area contributed by atoms with E-state index < -0.39 is 17.4 Å². The molecule has 98 valence electrons. The van der Waals surface area contributed by atoms with Gasteiger partial charge in [0.2, 0.25) is 0 Å². The smallest absolute Gasteiger partial charge is 0.306 e. The van der Waals surface area contributed by atoms with E-state index in [1.807, 2.05) is 0 Å². The van der Waals surface area contributed by atoms with Gasteiger partial charge in [-0.3, -0.25) is 9.78 Å². The topological polar surface area (TPSA) is 74.8 Å². The maximum absolute atomic E-state index is 13.4. The lowest BCUT2D eigenvalue weighted by atomic mass is 10.1. The maximum atomic E-state index is 13.4. The Labute approximate surface area is 116 Å². The minimum atomic E-state index is -0.805. The monoisotopic (exact) mass is 325 g/mol. The molecule has 0 saturated carbocycles. The van der Waals surface area contributed by atoms with Gasteiger partial charge in [-0.05, 0) is 24.6 Å². The van der Waals surface area contributed by atoms with E-state index in [-0.39, 0.29) is 5.82 Å². The lowest BCUT2D eigenvalue weighted by molar-refractivity contribution is 0.102. The molecule has 0 radical (unpaired) electrons. The highest BCUT2D eigenvalue weighted by atomic mass is 79.9. The fourth-order valence-electron chi connectivity index (χ4n) is 1.49. The number of H-pyrrole nitrogens is 1. The van der Waals surface area contributed by atoms with Gasteiger partial charge in [0.15, 0.2) is 11.6 Å². The van der Waals surface area contributed by atoms with Crippen LogP contribution in [0.25, 0.3) is 0 Å². The van der Waals surface area contributed by atoms with Crippen LogP contribution in [0, 0.1) is 12.7 Å². The van der Waals surface area contributed by atoms with Gasteiger partial charge in [-0.25, -0.2) is 9.18 Å². The Bertz CT molecular complexity index is 700. The van der Waals surface area contributed by atoms with Crippen LogP contribution in [0.2, 0.25) is 0 Å². The number of hydrogen-bond acceptors (Lipinski definition) is 3. The molecule has 0 unspecified atom stereocenters. The number of carbonyl (C=O) groups excluding carboxylic acids is 1. The molecular formula is C12H9BrFN3O2. The summed E-state index contributed by atoms with van der Waals surface area (Å²) in [7, 11) is 0. The number of aromatic nitrogens is 2. The van der Waals surface area contributed by atoms with Gasteiger partial charge >= 0.3 is 5.69 Å². The van der Waals surface area contributed by atoms with Gasteiger partial charge < -0.3 is 5.32 Å². The SMILES string of the molecule is Cc1ccc(Br)cc1C(=O)Nc1[nH]c(=O)ncc1F. The third kappa shape index (κ3) is 3.05. The molecule has 2 N–H and O–H groups in total. The van der Waals surface area contributed by atoms with Crippen molar-refractivity contribution in [2.24, 2.45) is 0 Å². The van der Waals surface area contributed by atoms with Gasteiger partial charge in [0, 0.05) is 10.0 Å². The van der Waals surface area contributed by atoms with Crippen molar-refractivity contribution in [3.05, 3.63) is 56.3 Å². The fraction of sp³-hybridized carbons (Fsp3) is 0.0833. The summed E-state index contributed by atoms with van der Waals surface area (Å²) in [5.41, 5.74) is 0.381. The first-order valence-corrected chi connectivity index (χ1v) is 6.09. The zero-order chi connectivity index (χ0) is 14.0. The second-order valence-electron chi connectivity index (χ2n) is 3.82. The minimum Gasteiger partial charge on any atom is -0.306 e. The number of nitrogens with zero attached hydrogens (tertiary/aromatic N) is 1. The number of aryl methyl sites for hydroxylation is 1. The standard InChI is InChI=1S/C12H9BrFN3O2/c1-6-2-3-7(13)4-8(6)11(18)16-10-9(14)5-15-12(19)17-10/h2-5H,1H3,(H2,15,16,17,18,19). The molecule has 2 aromatic rings. The number of anilines is 1. The zero-order valence-electron chi connectivity index (χ0n) is 9.83. The zero-order valence-corrected chi connectivity index (χ0v) is 11.4. The molecule has 1 amide bonds. The Kier molecular flexibility index (Phi) is 3.75. The van der Waals surface area contributed by atoms with Crippen LogP contribution in [0.1, 0.15) is 15.9 Å². The van der Waals surface area contributed by atoms with Crippen LogP contribution < -0.4 is 11.0 Å². The molecule has 2 rings (SSSR count). The summed E-state index contributed by atoms with van der Waals surface area (Å²) in [6, 6.07) is 5.16. The highest BCUT2D eigenvalue weighted by Crippen LogP contribution is 2.17. The molecule has 0 spiro atoms. The third-order valence-corrected chi connectivity index (χ3v) is 2.94. The first-order valence-electron chi connectivity index (χ1n) is 5.29. The fourth-order valence-corrected chi connectivity index (χ4v) is 1.85. The molecule has 0 aliphatic carbocycles. The molecule has 0 saturated heterocycles. The van der Waals surface area contributed by atoms with E-state index in [0.717, 1.165) is 16.2 Å². The lowest BCUT2D eigenvalue weighted by Gasteiger charge is -2.08. The van der Waals surface area contributed by atoms with E-state index in [9.17, 15) is 14.0 Å². The quantitative estimate of drug-likeness (QED) is 0.889. The van der Waals surface area contributed by atoms with Crippen LogP contribution >= 0.6 is 15.9 Å². The van der Waals surface area contributed by atoms with Crippen LogP contribution in [0.4, 0.5) is 10.2 Å². The molecule has 0 aliphatic rings. The first-order chi connectivity index (χ1) is 8.97. The van der Waals surface area contributed by atoms with Gasteiger partial charge in [0.25, 0.3) is 5.91 Å². The average molecular weight is 326 g/mol. The molecule has 7 heteroatoms. The van der Waals surface area contributed by atoms with Crippen molar-refractivity contribution in [1.29, 1.82) is 0 Å². The van der Waals surface area contributed by atoms with E-state index in [4.69, 9.17) is 0 Å². The van der Waals surface area contributed by atoms with Crippen molar-refractivity contribution >= 4 is 27.7 Å². The second kappa shape index (κ2) is 5.31. The number of rotatable bonds is 2. The molecule has 0 aliphatic heterocycles. The summed E-state index contributed by atoms with van der Waals surface area (Å²) in [6.07, 6.45) is 0.752. The number of carbonyl (C=O) groups is 1. The highest BCUT2D eigenvalue weighted by Gasteiger charge is 2.13. The van der Waals surface area contributed by atoms with Crippen molar-refractivity contribution in [2.75, 3.05) is 5.32 Å². The van der Waals surface area contributed by atoms with E-state index >= 15 is 0 Å². The van der Waals surface area contributed by atoms with Crippen LogP contribution in [0.3, 0.4) is 0 Å². The van der Waals surface area contributed by atoms with Crippen molar-refractivity contribution in [3.63, 3.8) is 0 Å². The van der Waals surface area contributed by atoms with Crippen molar-refractivity contribution in [2.45, 2.75) is 6.92 Å². The molecule has 1 aromatic carbocycles. The number of halogens is 2. The highest BCUT2D eigenvalue weighted by molar-refractivity contribution is 9.10. The van der Waals surface area contributed by atoms with Crippen molar-refractivity contribution < 1.29 is 9.18 Å². The predicted octanol–water partition coefficient (Wildman–Crippen LogP) is 2.23. The summed E-state index contributed by atoms with van der Waals surface area (Å²) >= 11 is 3.25. The molecule has 0 bridgehead atoms. The van der Waals surface area contributed by atoms with Gasteiger partial charge in [0.05, 0.1) is 6.20 Å². The minimum absolute atomic E-state index is 0.302. The predicted molar refractivity (Wildman–Crippen MR) is 71.6 cm³/mol. The summed E-state index contributed by atoms with van der Waals surface area (Å²) in [6.45, 7) is 1.76. The molecule has 1 heterocycles. The largest absolute Gasteiger partial charge is 0.346 e. The molecule has 0 fully saturated rings. The molecule has 1 aromatic heterocycles. The Morgan fingerprint density at radius 1 is 1.47 bits per heavy atom. The number of aromatic amines is 1. The number of nitrogens with one attached hydrogen (secondary N) is 2. The maximum Gasteiger partial charge on any atom is 0.346 e. The Hall–Kier alpha value is -2.02. The van der Waals surface area contributed by atoms with Gasteiger partial charge in [0.1, 0.15) is 0 Å². The Balaban J connectivity index is 2.33. The Morgan fingerprint density at radius 2 is 2.21 bits per heavy atom. The van der Waals surface area contributed by atoms with Gasteiger partial charge in [-0.1, -0.05) is 22.0 Å². The normalized spacial score (nSPS) is 10.3. The summed E-state index contributed by atoms with van der Waals surface area (Å²) in [5.74, 6) is -1.62. The van der Waals surface area contributed by atoms with Gasteiger partial charge in [-0.15, -0.1) is 0 Å². The summed E-state index contributed by atoms with van der Waals surface area (Å²) < 4.78 is 14.1. The lowest BCUT2D eigenvalue weighted by Crippen LogP contribution is -2.20. The molecular weight excluding hydrogens is 317 g/mol. The van der Waals surface area contributed by atoms with Crippen molar-refractivity contribution in [3.8, 4) is 0 Å². The van der Waals surface area contributed by atoms with Crippen molar-refractivity contribution in [1.82, 2.24) is 9.97 Å².